The molecule has 0 amide bonds. The Morgan fingerprint density at radius 2 is 0.776 bits per heavy atom. The molecule has 0 N–H and O–H groups in total. The van der Waals surface area contributed by atoms with E-state index >= 15 is 0 Å². The number of fused-ring (bicyclic) bond motifs is 3. The highest BCUT2D eigenvalue weighted by atomic mass is 15.1. The maximum Gasteiger partial charge on any atom is 0.0546 e. The van der Waals surface area contributed by atoms with E-state index in [1.807, 2.05) is 0 Å². The smallest absolute Gasteiger partial charge is 0.0546 e. The van der Waals surface area contributed by atoms with Gasteiger partial charge in [-0.1, -0.05) is 202 Å². The third-order valence-corrected chi connectivity index (χ3v) is 11.9. The Morgan fingerprint density at radius 3 is 1.48 bits per heavy atom. The first kappa shape index (κ1) is 35.2. The van der Waals surface area contributed by atoms with Crippen LogP contribution in [0.25, 0.3) is 66.8 Å². The van der Waals surface area contributed by atoms with Crippen LogP contribution in [0, 0.1) is 0 Å². The third-order valence-electron chi connectivity index (χ3n) is 11.9. The largest absolute Gasteiger partial charge is 0.310 e. The highest BCUT2D eigenvalue weighted by Gasteiger charge is 2.35. The molecular weight excluding hydrogens is 699 g/mol. The minimum atomic E-state index is -0.0365. The van der Waals surface area contributed by atoms with Crippen LogP contribution in [0.3, 0.4) is 0 Å². The molecule has 0 heterocycles. The molecule has 0 saturated heterocycles. The third kappa shape index (κ3) is 6.22. The number of benzene rings is 9. The predicted octanol–water partition coefficient (Wildman–Crippen LogP) is 15.8. The lowest BCUT2D eigenvalue weighted by Crippen LogP contribution is -2.14. The Bertz CT molecular complexity index is 2890. The van der Waals surface area contributed by atoms with Gasteiger partial charge in [0.05, 0.1) is 5.69 Å². The molecule has 1 aliphatic rings. The molecule has 0 radical (unpaired) electrons. The van der Waals surface area contributed by atoms with Gasteiger partial charge in [-0.05, 0) is 109 Å². The predicted molar refractivity (Wildman–Crippen MR) is 246 cm³/mol. The number of rotatable bonds is 8. The molecule has 0 bridgehead atoms. The van der Waals surface area contributed by atoms with Gasteiger partial charge in [-0.15, -0.1) is 0 Å². The van der Waals surface area contributed by atoms with Crippen LogP contribution in [-0.2, 0) is 5.41 Å². The number of anilines is 3. The summed E-state index contributed by atoms with van der Waals surface area (Å²) < 4.78 is 0. The molecule has 0 aromatic heterocycles. The maximum atomic E-state index is 2.45. The van der Waals surface area contributed by atoms with Crippen molar-refractivity contribution in [2.24, 2.45) is 0 Å². The summed E-state index contributed by atoms with van der Waals surface area (Å²) in [7, 11) is 0. The van der Waals surface area contributed by atoms with Gasteiger partial charge in [-0.3, -0.25) is 0 Å². The fourth-order valence-corrected chi connectivity index (χ4v) is 9.02. The van der Waals surface area contributed by atoms with E-state index in [9.17, 15) is 0 Å². The van der Waals surface area contributed by atoms with E-state index in [-0.39, 0.29) is 5.41 Å². The average molecular weight is 742 g/mol. The van der Waals surface area contributed by atoms with Gasteiger partial charge in [-0.2, -0.15) is 0 Å². The second kappa shape index (κ2) is 14.7. The highest BCUT2D eigenvalue weighted by Crippen LogP contribution is 2.51. The normalized spacial score (nSPS) is 12.4. The summed E-state index contributed by atoms with van der Waals surface area (Å²) >= 11 is 0. The fraction of sp³-hybridized carbons (Fsp3) is 0.0526. The molecule has 0 spiro atoms. The second-order valence-electron chi connectivity index (χ2n) is 15.7. The lowest BCUT2D eigenvalue weighted by molar-refractivity contribution is 0.660. The van der Waals surface area contributed by atoms with Crippen LogP contribution in [0.5, 0.6) is 0 Å². The summed E-state index contributed by atoms with van der Waals surface area (Å²) in [6.45, 7) is 4.69. The molecule has 0 aliphatic heterocycles. The number of hydrogen-bond acceptors (Lipinski definition) is 1. The van der Waals surface area contributed by atoms with Gasteiger partial charge < -0.3 is 4.90 Å². The first-order chi connectivity index (χ1) is 28.5. The first-order valence-corrected chi connectivity index (χ1v) is 20.2. The van der Waals surface area contributed by atoms with E-state index in [2.05, 4.69) is 243 Å². The summed E-state index contributed by atoms with van der Waals surface area (Å²) in [6.07, 6.45) is 0. The van der Waals surface area contributed by atoms with Gasteiger partial charge in [0.2, 0.25) is 0 Å². The van der Waals surface area contributed by atoms with Crippen molar-refractivity contribution in [1.29, 1.82) is 0 Å². The van der Waals surface area contributed by atoms with E-state index in [0.29, 0.717) is 0 Å². The molecule has 10 rings (SSSR count). The van der Waals surface area contributed by atoms with E-state index in [1.165, 1.54) is 77.9 Å². The molecule has 276 valence electrons. The van der Waals surface area contributed by atoms with Crippen molar-refractivity contribution in [3.05, 3.63) is 236 Å². The molecule has 0 atom stereocenters. The molecule has 9 aromatic rings. The fourth-order valence-electron chi connectivity index (χ4n) is 9.02. The van der Waals surface area contributed by atoms with Crippen LogP contribution in [0.2, 0.25) is 0 Å². The van der Waals surface area contributed by atoms with Gasteiger partial charge >= 0.3 is 0 Å². The van der Waals surface area contributed by atoms with Crippen LogP contribution in [0.1, 0.15) is 25.0 Å². The first-order valence-electron chi connectivity index (χ1n) is 20.2. The summed E-state index contributed by atoms with van der Waals surface area (Å²) in [5.41, 5.74) is 20.6. The van der Waals surface area contributed by atoms with E-state index < -0.39 is 0 Å². The summed E-state index contributed by atoms with van der Waals surface area (Å²) in [5, 5.41) is 0. The SMILES string of the molecule is CC1(C)c2ccccc2-c2cc(-c3cccc(N(c4ccc(-c5ccccc5)cc4)c4cccc(-c5ccccc5)c4-c4ccccc4-c4ccccc4)c3)ccc21. The average Bonchev–Trinajstić information content (AvgIpc) is 3.53. The lowest BCUT2D eigenvalue weighted by atomic mass is 9.82. The molecule has 1 aliphatic carbocycles. The number of nitrogens with zero attached hydrogens (tertiary/aromatic N) is 1. The van der Waals surface area contributed by atoms with Crippen LogP contribution < -0.4 is 4.90 Å². The van der Waals surface area contributed by atoms with Crippen molar-refractivity contribution in [1.82, 2.24) is 0 Å². The van der Waals surface area contributed by atoms with Crippen LogP contribution in [-0.4, -0.2) is 0 Å². The minimum Gasteiger partial charge on any atom is -0.310 e. The molecular formula is C57H43N. The molecule has 0 saturated carbocycles. The summed E-state index contributed by atoms with van der Waals surface area (Å²) in [4.78, 5) is 2.45. The van der Waals surface area contributed by atoms with Crippen molar-refractivity contribution >= 4 is 17.1 Å². The van der Waals surface area contributed by atoms with Gasteiger partial charge in [0.25, 0.3) is 0 Å². The zero-order valence-corrected chi connectivity index (χ0v) is 32.8. The van der Waals surface area contributed by atoms with Crippen molar-refractivity contribution < 1.29 is 0 Å². The Hall–Kier alpha value is -7.22. The van der Waals surface area contributed by atoms with Crippen LogP contribution >= 0.6 is 0 Å². The molecule has 58 heavy (non-hydrogen) atoms. The zero-order valence-electron chi connectivity index (χ0n) is 32.8. The molecule has 1 nitrogen and oxygen atoms in total. The second-order valence-corrected chi connectivity index (χ2v) is 15.7. The standard InChI is InChI=1S/C57H43N/c1-57(2)53-30-15-14-27-50(53)52-39-45(34-37-54(52)57)44-24-16-25-47(38-44)58(46-35-32-41(33-36-46)40-18-6-3-7-19-40)55-31-17-29-49(43-22-10-5-11-23-43)56(55)51-28-13-12-26-48(51)42-20-8-4-9-21-42/h3-39H,1-2H3. The van der Waals surface area contributed by atoms with Crippen LogP contribution in [0.4, 0.5) is 17.1 Å². The molecule has 0 unspecified atom stereocenters. The van der Waals surface area contributed by atoms with Gasteiger partial charge in [0.15, 0.2) is 0 Å². The Morgan fingerprint density at radius 1 is 0.293 bits per heavy atom. The summed E-state index contributed by atoms with van der Waals surface area (Å²) in [6, 6.07) is 81.9. The summed E-state index contributed by atoms with van der Waals surface area (Å²) in [5.74, 6) is 0. The van der Waals surface area contributed by atoms with Gasteiger partial charge in [0, 0.05) is 22.4 Å². The van der Waals surface area contributed by atoms with Gasteiger partial charge in [0.1, 0.15) is 0 Å². The Labute approximate surface area is 342 Å². The monoisotopic (exact) mass is 741 g/mol. The Kier molecular flexibility index (Phi) is 8.92. The van der Waals surface area contributed by atoms with E-state index in [0.717, 1.165) is 17.1 Å². The van der Waals surface area contributed by atoms with Crippen LogP contribution in [0.15, 0.2) is 224 Å². The zero-order chi connectivity index (χ0) is 39.1. The quantitative estimate of drug-likeness (QED) is 0.150. The molecule has 9 aromatic carbocycles. The maximum absolute atomic E-state index is 2.45. The van der Waals surface area contributed by atoms with E-state index in [1.54, 1.807) is 0 Å². The van der Waals surface area contributed by atoms with Gasteiger partial charge in [-0.25, -0.2) is 0 Å². The molecule has 1 heteroatoms. The number of hydrogen-bond donors (Lipinski definition) is 0. The van der Waals surface area contributed by atoms with Crippen molar-refractivity contribution in [3.63, 3.8) is 0 Å². The van der Waals surface area contributed by atoms with Crippen molar-refractivity contribution in [2.75, 3.05) is 4.90 Å². The lowest BCUT2D eigenvalue weighted by Gasteiger charge is -2.30. The van der Waals surface area contributed by atoms with Crippen molar-refractivity contribution in [3.8, 4) is 66.8 Å². The highest BCUT2D eigenvalue weighted by molar-refractivity contribution is 6.01. The van der Waals surface area contributed by atoms with Crippen molar-refractivity contribution in [2.45, 2.75) is 19.3 Å². The topological polar surface area (TPSA) is 3.24 Å². The Balaban J connectivity index is 1.20. The minimum absolute atomic E-state index is 0.0365. The molecule has 0 fully saturated rings. The van der Waals surface area contributed by atoms with E-state index in [4.69, 9.17) is 0 Å².